The Hall–Kier alpha value is -8.40. The van der Waals surface area contributed by atoms with E-state index >= 15 is 0 Å². The van der Waals surface area contributed by atoms with Gasteiger partial charge in [0.25, 0.3) is 0 Å². The number of nitrogens with zero attached hydrogens (tertiary/aromatic N) is 2. The second-order valence-electron chi connectivity index (χ2n) is 17.1. The number of fused-ring (bicyclic) bond motifs is 16. The van der Waals surface area contributed by atoms with Gasteiger partial charge in [-0.15, -0.1) is 0 Å². The molecule has 2 aromatic heterocycles. The van der Waals surface area contributed by atoms with Crippen LogP contribution in [0.25, 0.3) is 82.8 Å². The first-order valence-corrected chi connectivity index (χ1v) is 22.1. The summed E-state index contributed by atoms with van der Waals surface area (Å²) in [5, 5.41) is 4.67. The summed E-state index contributed by atoms with van der Waals surface area (Å²) in [5.41, 5.74) is 20.6. The molecule has 298 valence electrons. The molecule has 10 aromatic carbocycles. The number of anilines is 3. The maximum absolute atomic E-state index is 6.89. The van der Waals surface area contributed by atoms with Crippen molar-refractivity contribution in [3.63, 3.8) is 0 Å². The molecular weight excluding hydrogens is 777 g/mol. The first-order chi connectivity index (χ1) is 31.8. The van der Waals surface area contributed by atoms with Crippen LogP contribution in [0.2, 0.25) is 0 Å². The van der Waals surface area contributed by atoms with E-state index in [4.69, 9.17) is 4.42 Å². The summed E-state index contributed by atoms with van der Waals surface area (Å²) in [5.74, 6) is 0. The normalized spacial score (nSPS) is 13.1. The van der Waals surface area contributed by atoms with Crippen LogP contribution in [0.4, 0.5) is 17.1 Å². The van der Waals surface area contributed by atoms with E-state index in [0.29, 0.717) is 0 Å². The van der Waals surface area contributed by atoms with Crippen LogP contribution >= 0.6 is 0 Å². The Kier molecular flexibility index (Phi) is 7.32. The minimum absolute atomic E-state index is 0.476. The molecule has 0 fully saturated rings. The van der Waals surface area contributed by atoms with Crippen LogP contribution in [0, 0.1) is 0 Å². The van der Waals surface area contributed by atoms with Crippen molar-refractivity contribution in [1.29, 1.82) is 0 Å². The van der Waals surface area contributed by atoms with Gasteiger partial charge in [-0.1, -0.05) is 164 Å². The molecule has 2 aliphatic carbocycles. The van der Waals surface area contributed by atoms with Gasteiger partial charge in [0.2, 0.25) is 0 Å². The van der Waals surface area contributed by atoms with E-state index in [1.54, 1.807) is 0 Å². The van der Waals surface area contributed by atoms with Crippen LogP contribution in [-0.4, -0.2) is 4.57 Å². The van der Waals surface area contributed by atoms with E-state index in [-0.39, 0.29) is 0 Å². The first-order valence-electron chi connectivity index (χ1n) is 22.1. The van der Waals surface area contributed by atoms with Gasteiger partial charge in [0.1, 0.15) is 11.2 Å². The minimum Gasteiger partial charge on any atom is -0.455 e. The number of para-hydroxylation sites is 3. The largest absolute Gasteiger partial charge is 0.455 e. The topological polar surface area (TPSA) is 21.3 Å². The summed E-state index contributed by atoms with van der Waals surface area (Å²) in [6.07, 6.45) is 0. The molecule has 0 amide bonds. The molecule has 14 rings (SSSR count). The Balaban J connectivity index is 1.05. The molecule has 0 bridgehead atoms. The standard InChI is InChI=1S/C61H38N2O/c1-2-16-39(17-3-1)43-36-37-57(59-50-23-9-15-29-58(50)64-60(43)59)62(40-30-32-41(33-31-40)63-55-27-13-7-21-48(55)49-22-8-14-28-56(49)63)42-34-35-47-46-20-6-12-26-53(46)61(54(47)38-42)51-24-10-4-18-44(51)45-19-5-11-25-52(45)61/h1-38H. The third kappa shape index (κ3) is 4.70. The predicted molar refractivity (Wildman–Crippen MR) is 264 cm³/mol. The van der Waals surface area contributed by atoms with Crippen molar-refractivity contribution in [2.75, 3.05) is 4.90 Å². The van der Waals surface area contributed by atoms with E-state index in [0.717, 1.165) is 55.8 Å². The van der Waals surface area contributed by atoms with Gasteiger partial charge >= 0.3 is 0 Å². The van der Waals surface area contributed by atoms with E-state index < -0.39 is 5.41 Å². The molecule has 0 saturated carbocycles. The quantitative estimate of drug-likeness (QED) is 0.173. The molecule has 1 spiro atoms. The molecule has 3 heteroatoms. The van der Waals surface area contributed by atoms with Gasteiger partial charge in [0.05, 0.1) is 27.5 Å². The number of rotatable bonds is 5. The average Bonchev–Trinajstić information content (AvgIpc) is 4.09. The lowest BCUT2D eigenvalue weighted by Gasteiger charge is -2.32. The van der Waals surface area contributed by atoms with Gasteiger partial charge in [0, 0.05) is 38.8 Å². The highest BCUT2D eigenvalue weighted by atomic mass is 16.3. The van der Waals surface area contributed by atoms with Crippen molar-refractivity contribution in [1.82, 2.24) is 4.57 Å². The monoisotopic (exact) mass is 814 g/mol. The van der Waals surface area contributed by atoms with Crippen molar-refractivity contribution in [3.05, 3.63) is 253 Å². The minimum atomic E-state index is -0.476. The molecule has 0 aliphatic heterocycles. The SMILES string of the molecule is c1ccc(-c2ccc(N(c3ccc(-n4c5ccccc5c5ccccc54)cc3)c3ccc4c(c3)C3(c5ccccc5-c5ccccc53)c3ccccc3-4)c3c2oc2ccccc23)cc1. The molecule has 3 nitrogen and oxygen atoms in total. The highest BCUT2D eigenvalue weighted by Gasteiger charge is 2.51. The summed E-state index contributed by atoms with van der Waals surface area (Å²) in [7, 11) is 0. The van der Waals surface area contributed by atoms with Crippen molar-refractivity contribution in [2.45, 2.75) is 5.41 Å². The predicted octanol–water partition coefficient (Wildman–Crippen LogP) is 16.2. The lowest BCUT2D eigenvalue weighted by atomic mass is 9.70. The summed E-state index contributed by atoms with van der Waals surface area (Å²) < 4.78 is 9.28. The fourth-order valence-electron chi connectivity index (χ4n) is 11.4. The number of aromatic nitrogens is 1. The fraction of sp³-hybridized carbons (Fsp3) is 0.0164. The van der Waals surface area contributed by atoms with Gasteiger partial charge < -0.3 is 13.9 Å². The zero-order valence-electron chi connectivity index (χ0n) is 34.7. The summed E-state index contributed by atoms with van der Waals surface area (Å²) in [4.78, 5) is 2.46. The zero-order valence-corrected chi connectivity index (χ0v) is 34.7. The van der Waals surface area contributed by atoms with Gasteiger partial charge in [-0.3, -0.25) is 0 Å². The Labute approximate surface area is 370 Å². The molecule has 2 aliphatic rings. The number of benzene rings is 10. The third-order valence-electron chi connectivity index (χ3n) is 14.0. The Morgan fingerprint density at radius 1 is 0.375 bits per heavy atom. The smallest absolute Gasteiger partial charge is 0.145 e. The number of furan rings is 1. The highest BCUT2D eigenvalue weighted by Crippen LogP contribution is 2.63. The maximum atomic E-state index is 6.89. The zero-order chi connectivity index (χ0) is 41.9. The van der Waals surface area contributed by atoms with Crippen LogP contribution in [-0.2, 0) is 5.41 Å². The van der Waals surface area contributed by atoms with Crippen LogP contribution in [0.5, 0.6) is 0 Å². The number of hydrogen-bond donors (Lipinski definition) is 0. The van der Waals surface area contributed by atoms with E-state index in [1.807, 2.05) is 0 Å². The lowest BCUT2D eigenvalue weighted by Crippen LogP contribution is -2.26. The molecule has 12 aromatic rings. The second kappa shape index (κ2) is 13.3. The molecule has 64 heavy (non-hydrogen) atoms. The van der Waals surface area contributed by atoms with Crippen molar-refractivity contribution >= 4 is 60.8 Å². The van der Waals surface area contributed by atoms with E-state index in [1.165, 1.54) is 66.3 Å². The summed E-state index contributed by atoms with van der Waals surface area (Å²) in [6.45, 7) is 0. The lowest BCUT2D eigenvalue weighted by molar-refractivity contribution is 0.670. The van der Waals surface area contributed by atoms with Gasteiger partial charge in [-0.2, -0.15) is 0 Å². The molecule has 0 N–H and O–H groups in total. The van der Waals surface area contributed by atoms with Crippen molar-refractivity contribution in [2.24, 2.45) is 0 Å². The third-order valence-corrected chi connectivity index (χ3v) is 14.0. The van der Waals surface area contributed by atoms with Crippen molar-refractivity contribution < 1.29 is 4.42 Å². The average molecular weight is 815 g/mol. The van der Waals surface area contributed by atoms with Gasteiger partial charge in [-0.05, 0) is 117 Å². The molecule has 2 heterocycles. The second-order valence-corrected chi connectivity index (χ2v) is 17.1. The Bertz CT molecular complexity index is 3740. The Morgan fingerprint density at radius 3 is 1.52 bits per heavy atom. The van der Waals surface area contributed by atoms with Crippen LogP contribution < -0.4 is 4.90 Å². The molecule has 0 saturated heterocycles. The maximum Gasteiger partial charge on any atom is 0.145 e. The number of hydrogen-bond acceptors (Lipinski definition) is 2. The van der Waals surface area contributed by atoms with Crippen LogP contribution in [0.1, 0.15) is 22.3 Å². The summed E-state index contributed by atoms with van der Waals surface area (Å²) >= 11 is 0. The van der Waals surface area contributed by atoms with Gasteiger partial charge in [0.15, 0.2) is 0 Å². The molecule has 0 radical (unpaired) electrons. The van der Waals surface area contributed by atoms with Crippen molar-refractivity contribution in [3.8, 4) is 39.1 Å². The van der Waals surface area contributed by atoms with E-state index in [9.17, 15) is 0 Å². The highest BCUT2D eigenvalue weighted by molar-refractivity contribution is 6.17. The van der Waals surface area contributed by atoms with E-state index in [2.05, 4.69) is 240 Å². The van der Waals surface area contributed by atoms with Gasteiger partial charge in [-0.25, -0.2) is 0 Å². The molecule has 0 unspecified atom stereocenters. The molecular formula is C61H38N2O. The fourth-order valence-corrected chi connectivity index (χ4v) is 11.4. The first kappa shape index (κ1) is 35.2. The molecule has 0 atom stereocenters. The summed E-state index contributed by atoms with van der Waals surface area (Å²) in [6, 6.07) is 84.4. The van der Waals surface area contributed by atoms with Crippen LogP contribution in [0.15, 0.2) is 235 Å². The Morgan fingerprint density at radius 2 is 0.875 bits per heavy atom. The van der Waals surface area contributed by atoms with Crippen LogP contribution in [0.3, 0.4) is 0 Å².